The van der Waals surface area contributed by atoms with Crippen molar-refractivity contribution in [2.45, 2.75) is 29.0 Å². The van der Waals surface area contributed by atoms with Gasteiger partial charge in [-0.1, -0.05) is 53.5 Å². The van der Waals surface area contributed by atoms with Gasteiger partial charge in [-0.15, -0.1) is 0 Å². The molecule has 0 aliphatic heterocycles. The SMILES string of the molecule is CCSc1nc(C)cc(OC(NC(=O)c2ccc(F)cc2)C(Cl)(Cl)Cl)n1. The van der Waals surface area contributed by atoms with Gasteiger partial charge < -0.3 is 10.1 Å². The molecule has 2 aromatic rings. The topological polar surface area (TPSA) is 64.1 Å². The molecule has 1 aromatic heterocycles. The standard InChI is InChI=1S/C16H15Cl3FN3O2S/c1-3-26-15-21-9(2)8-12(22-15)25-14(16(17,18)19)23-13(24)10-4-6-11(20)7-5-10/h4-8,14H,3H2,1-2H3,(H,23,24). The Labute approximate surface area is 169 Å². The van der Waals surface area contributed by atoms with Crippen LogP contribution in [0.15, 0.2) is 35.5 Å². The van der Waals surface area contributed by atoms with E-state index in [4.69, 9.17) is 39.5 Å². The van der Waals surface area contributed by atoms with E-state index < -0.39 is 21.7 Å². The maximum absolute atomic E-state index is 13.0. The van der Waals surface area contributed by atoms with Crippen LogP contribution in [-0.2, 0) is 0 Å². The van der Waals surface area contributed by atoms with E-state index in [1.165, 1.54) is 23.9 Å². The summed E-state index contributed by atoms with van der Waals surface area (Å²) in [6.45, 7) is 3.74. The number of hydrogen-bond acceptors (Lipinski definition) is 5. The van der Waals surface area contributed by atoms with Gasteiger partial charge in [0.15, 0.2) is 5.16 Å². The van der Waals surface area contributed by atoms with Crippen molar-refractivity contribution in [3.05, 3.63) is 47.4 Å². The second-order valence-corrected chi connectivity index (χ2v) is 8.68. The minimum atomic E-state index is -1.97. The first-order valence-corrected chi connectivity index (χ1v) is 9.59. The third-order valence-electron chi connectivity index (χ3n) is 2.99. The summed E-state index contributed by atoms with van der Waals surface area (Å²) in [6.07, 6.45) is -1.32. The summed E-state index contributed by atoms with van der Waals surface area (Å²) in [5.41, 5.74) is 0.856. The van der Waals surface area contributed by atoms with Crippen molar-refractivity contribution in [1.82, 2.24) is 15.3 Å². The Morgan fingerprint density at radius 2 is 1.96 bits per heavy atom. The van der Waals surface area contributed by atoms with Crippen molar-refractivity contribution in [2.24, 2.45) is 0 Å². The molecule has 1 amide bonds. The molecule has 0 saturated carbocycles. The molecular weight excluding hydrogens is 424 g/mol. The van der Waals surface area contributed by atoms with Crippen LogP contribution in [0.3, 0.4) is 0 Å². The number of amides is 1. The Morgan fingerprint density at radius 1 is 1.31 bits per heavy atom. The molecular formula is C16H15Cl3FN3O2S. The zero-order valence-electron chi connectivity index (χ0n) is 13.8. The molecule has 1 N–H and O–H groups in total. The Bertz CT molecular complexity index is 772. The molecule has 0 bridgehead atoms. The van der Waals surface area contributed by atoms with Gasteiger partial charge in [0.25, 0.3) is 5.91 Å². The van der Waals surface area contributed by atoms with Gasteiger partial charge in [0.1, 0.15) is 5.82 Å². The van der Waals surface area contributed by atoms with Gasteiger partial charge >= 0.3 is 0 Å². The molecule has 0 aliphatic rings. The van der Waals surface area contributed by atoms with Gasteiger partial charge in [-0.05, 0) is 36.9 Å². The lowest BCUT2D eigenvalue weighted by Gasteiger charge is -2.26. The highest BCUT2D eigenvalue weighted by atomic mass is 35.6. The molecule has 1 unspecified atom stereocenters. The first-order chi connectivity index (χ1) is 12.2. The number of aromatic nitrogens is 2. The maximum atomic E-state index is 13.0. The number of alkyl halides is 3. The predicted octanol–water partition coefficient (Wildman–Crippen LogP) is 4.54. The van der Waals surface area contributed by atoms with Gasteiger partial charge in [0.2, 0.25) is 15.9 Å². The molecule has 10 heteroatoms. The van der Waals surface area contributed by atoms with Crippen molar-refractivity contribution in [3.8, 4) is 5.88 Å². The summed E-state index contributed by atoms with van der Waals surface area (Å²) < 4.78 is 16.6. The molecule has 0 saturated heterocycles. The molecule has 140 valence electrons. The Balaban J connectivity index is 2.20. The molecule has 26 heavy (non-hydrogen) atoms. The Morgan fingerprint density at radius 3 is 2.54 bits per heavy atom. The number of rotatable bonds is 6. The van der Waals surface area contributed by atoms with Crippen molar-refractivity contribution in [1.29, 1.82) is 0 Å². The van der Waals surface area contributed by atoms with E-state index in [1.807, 2.05) is 6.92 Å². The smallest absolute Gasteiger partial charge is 0.254 e. The van der Waals surface area contributed by atoms with Crippen LogP contribution in [-0.4, -0.2) is 31.6 Å². The fraction of sp³-hybridized carbons (Fsp3) is 0.312. The fourth-order valence-electron chi connectivity index (χ4n) is 1.87. The highest BCUT2D eigenvalue weighted by Gasteiger charge is 2.37. The number of nitrogens with zero attached hydrogens (tertiary/aromatic N) is 2. The lowest BCUT2D eigenvalue weighted by atomic mass is 10.2. The van der Waals surface area contributed by atoms with Crippen LogP contribution in [0, 0.1) is 12.7 Å². The summed E-state index contributed by atoms with van der Waals surface area (Å²) in [4.78, 5) is 20.8. The lowest BCUT2D eigenvalue weighted by Crippen LogP contribution is -2.48. The summed E-state index contributed by atoms with van der Waals surface area (Å²) >= 11 is 19.2. The van der Waals surface area contributed by atoms with Gasteiger partial charge in [-0.3, -0.25) is 4.79 Å². The Kier molecular flexibility index (Phi) is 7.34. The highest BCUT2D eigenvalue weighted by Crippen LogP contribution is 2.32. The van der Waals surface area contributed by atoms with Gasteiger partial charge in [0.05, 0.1) is 0 Å². The van der Waals surface area contributed by atoms with E-state index in [9.17, 15) is 9.18 Å². The van der Waals surface area contributed by atoms with E-state index in [1.54, 1.807) is 13.0 Å². The second kappa shape index (κ2) is 9.08. The monoisotopic (exact) mass is 437 g/mol. The predicted molar refractivity (Wildman–Crippen MR) is 102 cm³/mol. The zero-order chi connectivity index (χ0) is 19.3. The fourth-order valence-corrected chi connectivity index (χ4v) is 2.79. The molecule has 1 heterocycles. The first kappa shape index (κ1) is 21.0. The molecule has 1 atom stereocenters. The zero-order valence-corrected chi connectivity index (χ0v) is 16.9. The molecule has 5 nitrogen and oxygen atoms in total. The largest absolute Gasteiger partial charge is 0.449 e. The van der Waals surface area contributed by atoms with Crippen molar-refractivity contribution >= 4 is 52.5 Å². The molecule has 0 aliphatic carbocycles. The second-order valence-electron chi connectivity index (χ2n) is 5.08. The van der Waals surface area contributed by atoms with Crippen LogP contribution in [0.5, 0.6) is 5.88 Å². The van der Waals surface area contributed by atoms with Crippen LogP contribution in [0.2, 0.25) is 0 Å². The summed E-state index contributed by atoms with van der Waals surface area (Å²) in [7, 11) is 0. The number of ether oxygens (including phenoxy) is 1. The number of hydrogen-bond donors (Lipinski definition) is 1. The quantitative estimate of drug-likeness (QED) is 0.310. The average Bonchev–Trinajstić information content (AvgIpc) is 2.53. The number of benzene rings is 1. The van der Waals surface area contributed by atoms with Crippen LogP contribution >= 0.6 is 46.6 Å². The number of carbonyl (C=O) groups excluding carboxylic acids is 1. The van der Waals surface area contributed by atoms with Crippen LogP contribution in [0.1, 0.15) is 23.0 Å². The number of halogens is 4. The number of carbonyl (C=O) groups is 1. The summed E-state index contributed by atoms with van der Waals surface area (Å²) in [5, 5.41) is 2.98. The molecule has 0 spiro atoms. The highest BCUT2D eigenvalue weighted by molar-refractivity contribution is 7.99. The molecule has 0 fully saturated rings. The normalized spacial score (nSPS) is 12.5. The summed E-state index contributed by atoms with van der Waals surface area (Å²) in [5.74, 6) is -0.120. The molecule has 0 radical (unpaired) electrons. The van der Waals surface area contributed by atoms with E-state index in [0.717, 1.165) is 17.9 Å². The van der Waals surface area contributed by atoms with Crippen molar-refractivity contribution in [3.63, 3.8) is 0 Å². The van der Waals surface area contributed by atoms with E-state index in [2.05, 4.69) is 15.3 Å². The molecule has 1 aromatic carbocycles. The van der Waals surface area contributed by atoms with E-state index >= 15 is 0 Å². The number of nitrogens with one attached hydrogen (secondary N) is 1. The van der Waals surface area contributed by atoms with Crippen LogP contribution < -0.4 is 10.1 Å². The summed E-state index contributed by atoms with van der Waals surface area (Å²) in [6, 6.07) is 6.49. The van der Waals surface area contributed by atoms with Crippen LogP contribution in [0.25, 0.3) is 0 Å². The number of aryl methyl sites for hydroxylation is 1. The third kappa shape index (κ3) is 6.16. The third-order valence-corrected chi connectivity index (χ3v) is 4.31. The van der Waals surface area contributed by atoms with Crippen molar-refractivity contribution in [2.75, 3.05) is 5.75 Å². The average molecular weight is 439 g/mol. The molecule has 2 rings (SSSR count). The van der Waals surface area contributed by atoms with Crippen LogP contribution in [0.4, 0.5) is 4.39 Å². The van der Waals surface area contributed by atoms with Gasteiger partial charge in [-0.2, -0.15) is 4.98 Å². The maximum Gasteiger partial charge on any atom is 0.254 e. The minimum Gasteiger partial charge on any atom is -0.449 e. The first-order valence-electron chi connectivity index (χ1n) is 7.47. The van der Waals surface area contributed by atoms with Gasteiger partial charge in [0, 0.05) is 17.3 Å². The van der Waals surface area contributed by atoms with E-state index in [0.29, 0.717) is 10.9 Å². The van der Waals surface area contributed by atoms with E-state index in [-0.39, 0.29) is 11.4 Å². The minimum absolute atomic E-state index is 0.157. The van der Waals surface area contributed by atoms with Gasteiger partial charge in [-0.25, -0.2) is 9.37 Å². The lowest BCUT2D eigenvalue weighted by molar-refractivity contribution is 0.0824. The van der Waals surface area contributed by atoms with Crippen molar-refractivity contribution < 1.29 is 13.9 Å². The number of thioether (sulfide) groups is 1. The Hall–Kier alpha value is -1.28.